The number of hydrogen-bond acceptors (Lipinski definition) is 3. The minimum Gasteiger partial charge on any atom is -0.477 e. The highest BCUT2D eigenvalue weighted by atomic mass is 32.1. The lowest BCUT2D eigenvalue weighted by atomic mass is 9.91. The summed E-state index contributed by atoms with van der Waals surface area (Å²) in [5.74, 6) is -2.35. The van der Waals surface area contributed by atoms with E-state index in [1.54, 1.807) is 0 Å². The molecule has 0 atom stereocenters. The zero-order chi connectivity index (χ0) is 15.8. The molecule has 0 unspecified atom stereocenters. The van der Waals surface area contributed by atoms with Gasteiger partial charge in [0.05, 0.1) is 10.7 Å². The van der Waals surface area contributed by atoms with Crippen LogP contribution in [0.3, 0.4) is 0 Å². The normalized spacial score (nSPS) is 11.7. The maximum Gasteiger partial charge on any atom is 0.347 e. The predicted molar refractivity (Wildman–Crippen MR) is 76.9 cm³/mol. The SMILES string of the molecule is CC(C)(C)c1nc(Cc2cc(F)cc(F)c2)sc1C(=O)O. The molecule has 3 nitrogen and oxygen atoms in total. The van der Waals surface area contributed by atoms with Crippen molar-refractivity contribution in [2.75, 3.05) is 0 Å². The number of carboxylic acids is 1. The molecule has 1 heterocycles. The van der Waals surface area contributed by atoms with E-state index in [1.807, 2.05) is 20.8 Å². The van der Waals surface area contributed by atoms with E-state index in [0.29, 0.717) is 16.3 Å². The molecule has 0 aliphatic heterocycles. The molecule has 6 heteroatoms. The van der Waals surface area contributed by atoms with Crippen molar-refractivity contribution in [2.45, 2.75) is 32.6 Å². The Hall–Kier alpha value is -1.82. The van der Waals surface area contributed by atoms with Crippen molar-refractivity contribution < 1.29 is 18.7 Å². The first kappa shape index (κ1) is 15.6. The fourth-order valence-electron chi connectivity index (χ4n) is 1.98. The fraction of sp³-hybridized carbons (Fsp3) is 0.333. The summed E-state index contributed by atoms with van der Waals surface area (Å²) in [6.45, 7) is 5.63. The van der Waals surface area contributed by atoms with E-state index < -0.39 is 23.0 Å². The molecule has 0 saturated carbocycles. The number of aromatic carboxylic acids is 1. The smallest absolute Gasteiger partial charge is 0.347 e. The summed E-state index contributed by atoms with van der Waals surface area (Å²) in [6.07, 6.45) is 0.204. The number of nitrogens with zero attached hydrogens (tertiary/aromatic N) is 1. The molecule has 0 aliphatic rings. The van der Waals surface area contributed by atoms with Gasteiger partial charge in [-0.05, 0) is 17.7 Å². The van der Waals surface area contributed by atoms with Gasteiger partial charge >= 0.3 is 5.97 Å². The third kappa shape index (κ3) is 3.64. The van der Waals surface area contributed by atoms with Gasteiger partial charge in [-0.2, -0.15) is 0 Å². The molecule has 0 radical (unpaired) electrons. The summed E-state index contributed by atoms with van der Waals surface area (Å²) >= 11 is 1.05. The number of aromatic nitrogens is 1. The van der Waals surface area contributed by atoms with Crippen molar-refractivity contribution in [3.63, 3.8) is 0 Å². The van der Waals surface area contributed by atoms with Crippen LogP contribution in [0, 0.1) is 11.6 Å². The Bertz CT molecular complexity index is 669. The van der Waals surface area contributed by atoms with Gasteiger partial charge in [0.1, 0.15) is 16.5 Å². The standard InChI is InChI=1S/C15H15F2NO2S/c1-15(2,3)13-12(14(19)20)21-11(18-13)6-8-4-9(16)7-10(17)5-8/h4-5,7H,6H2,1-3H3,(H,19,20). The summed E-state index contributed by atoms with van der Waals surface area (Å²) in [7, 11) is 0. The molecule has 2 aromatic rings. The van der Waals surface area contributed by atoms with Crippen molar-refractivity contribution in [2.24, 2.45) is 0 Å². The maximum absolute atomic E-state index is 13.2. The molecule has 0 spiro atoms. The van der Waals surface area contributed by atoms with Crippen LogP contribution in [0.15, 0.2) is 18.2 Å². The van der Waals surface area contributed by atoms with Crippen LogP contribution in [0.4, 0.5) is 8.78 Å². The molecule has 0 fully saturated rings. The van der Waals surface area contributed by atoms with Crippen LogP contribution in [-0.4, -0.2) is 16.1 Å². The number of carbonyl (C=O) groups is 1. The molecule has 1 N–H and O–H groups in total. The van der Waals surface area contributed by atoms with Crippen LogP contribution in [0.25, 0.3) is 0 Å². The highest BCUT2D eigenvalue weighted by Crippen LogP contribution is 2.30. The summed E-state index contributed by atoms with van der Waals surface area (Å²) in [5, 5.41) is 9.78. The summed E-state index contributed by atoms with van der Waals surface area (Å²) < 4.78 is 26.4. The molecular weight excluding hydrogens is 296 g/mol. The molecule has 0 bridgehead atoms. The Kier molecular flexibility index (Phi) is 4.09. The Labute approximate surface area is 125 Å². The minimum atomic E-state index is -1.03. The first-order chi connectivity index (χ1) is 9.66. The predicted octanol–water partition coefficient (Wildman–Crippen LogP) is 4.01. The maximum atomic E-state index is 13.2. The lowest BCUT2D eigenvalue weighted by molar-refractivity contribution is 0.0699. The average Bonchev–Trinajstić information content (AvgIpc) is 2.71. The number of rotatable bonds is 3. The molecule has 112 valence electrons. The van der Waals surface area contributed by atoms with Gasteiger partial charge in [-0.1, -0.05) is 20.8 Å². The van der Waals surface area contributed by atoms with Crippen LogP contribution in [0.5, 0.6) is 0 Å². The molecule has 0 amide bonds. The van der Waals surface area contributed by atoms with Crippen LogP contribution in [-0.2, 0) is 11.8 Å². The number of thiazole rings is 1. The summed E-state index contributed by atoms with van der Waals surface area (Å²) in [5.41, 5.74) is 0.515. The van der Waals surface area contributed by atoms with Crippen molar-refractivity contribution >= 4 is 17.3 Å². The van der Waals surface area contributed by atoms with Gasteiger partial charge in [-0.25, -0.2) is 18.6 Å². The Morgan fingerprint density at radius 2 is 1.81 bits per heavy atom. The fourth-order valence-corrected chi connectivity index (χ4v) is 3.13. The first-order valence-electron chi connectivity index (χ1n) is 6.35. The van der Waals surface area contributed by atoms with Crippen LogP contribution in [0.2, 0.25) is 0 Å². The third-order valence-corrected chi connectivity index (χ3v) is 3.90. The lowest BCUT2D eigenvalue weighted by Gasteiger charge is -2.16. The monoisotopic (exact) mass is 311 g/mol. The van der Waals surface area contributed by atoms with Gasteiger partial charge in [0.25, 0.3) is 0 Å². The first-order valence-corrected chi connectivity index (χ1v) is 7.17. The highest BCUT2D eigenvalue weighted by Gasteiger charge is 2.26. The van der Waals surface area contributed by atoms with E-state index in [1.165, 1.54) is 12.1 Å². The summed E-state index contributed by atoms with van der Waals surface area (Å²) in [6, 6.07) is 3.25. The van der Waals surface area contributed by atoms with E-state index in [-0.39, 0.29) is 11.3 Å². The minimum absolute atomic E-state index is 0.175. The Morgan fingerprint density at radius 3 is 2.24 bits per heavy atom. The van der Waals surface area contributed by atoms with Gasteiger partial charge in [0.2, 0.25) is 0 Å². The molecule has 1 aromatic heterocycles. The van der Waals surface area contributed by atoms with E-state index in [9.17, 15) is 18.7 Å². The molecule has 2 rings (SSSR count). The Balaban J connectivity index is 2.39. The molecule has 0 saturated heterocycles. The average molecular weight is 311 g/mol. The number of hydrogen-bond donors (Lipinski definition) is 1. The topological polar surface area (TPSA) is 50.2 Å². The zero-order valence-electron chi connectivity index (χ0n) is 11.9. The van der Waals surface area contributed by atoms with Gasteiger partial charge in [0.15, 0.2) is 0 Å². The van der Waals surface area contributed by atoms with Crippen LogP contribution in [0.1, 0.15) is 46.7 Å². The lowest BCUT2D eigenvalue weighted by Crippen LogP contribution is -2.16. The van der Waals surface area contributed by atoms with E-state index in [0.717, 1.165) is 17.4 Å². The van der Waals surface area contributed by atoms with Crippen LogP contribution < -0.4 is 0 Å². The molecule has 1 aromatic carbocycles. The molecule has 21 heavy (non-hydrogen) atoms. The van der Waals surface area contributed by atoms with Gasteiger partial charge in [0, 0.05) is 17.9 Å². The van der Waals surface area contributed by atoms with Crippen molar-refractivity contribution in [1.29, 1.82) is 0 Å². The second kappa shape index (κ2) is 5.52. The van der Waals surface area contributed by atoms with Gasteiger partial charge in [-0.15, -0.1) is 11.3 Å². The van der Waals surface area contributed by atoms with Gasteiger partial charge < -0.3 is 5.11 Å². The Morgan fingerprint density at radius 1 is 1.24 bits per heavy atom. The van der Waals surface area contributed by atoms with Crippen molar-refractivity contribution in [3.8, 4) is 0 Å². The zero-order valence-corrected chi connectivity index (χ0v) is 12.7. The highest BCUT2D eigenvalue weighted by molar-refractivity contribution is 7.13. The largest absolute Gasteiger partial charge is 0.477 e. The van der Waals surface area contributed by atoms with Crippen LogP contribution >= 0.6 is 11.3 Å². The van der Waals surface area contributed by atoms with E-state index in [2.05, 4.69) is 4.98 Å². The second-order valence-electron chi connectivity index (χ2n) is 5.79. The molecular formula is C15H15F2NO2S. The summed E-state index contributed by atoms with van der Waals surface area (Å²) in [4.78, 5) is 15.8. The second-order valence-corrected chi connectivity index (χ2v) is 6.88. The van der Waals surface area contributed by atoms with Gasteiger partial charge in [-0.3, -0.25) is 0 Å². The van der Waals surface area contributed by atoms with E-state index >= 15 is 0 Å². The quantitative estimate of drug-likeness (QED) is 0.932. The van der Waals surface area contributed by atoms with Crippen molar-refractivity contribution in [3.05, 3.63) is 51.0 Å². The van der Waals surface area contributed by atoms with E-state index in [4.69, 9.17) is 0 Å². The van der Waals surface area contributed by atoms with Crippen molar-refractivity contribution in [1.82, 2.24) is 4.98 Å². The molecule has 0 aliphatic carbocycles. The number of halogens is 2. The number of benzene rings is 1. The third-order valence-electron chi connectivity index (χ3n) is 2.85. The number of carboxylic acid groups (broad SMARTS) is 1.